The van der Waals surface area contributed by atoms with Gasteiger partial charge in [-0.15, -0.1) is 11.3 Å². The summed E-state index contributed by atoms with van der Waals surface area (Å²) in [6, 6.07) is 4.25. The highest BCUT2D eigenvalue weighted by Crippen LogP contribution is 2.54. The van der Waals surface area contributed by atoms with Gasteiger partial charge in [-0.1, -0.05) is 6.07 Å². The molecule has 0 amide bonds. The van der Waals surface area contributed by atoms with Gasteiger partial charge in [0, 0.05) is 4.88 Å². The van der Waals surface area contributed by atoms with Crippen LogP contribution in [-0.4, -0.2) is 10.7 Å². The molecule has 2 atom stereocenters. The highest BCUT2D eigenvalue weighted by molar-refractivity contribution is 7.10. The van der Waals surface area contributed by atoms with Crippen LogP contribution in [0.2, 0.25) is 0 Å². The van der Waals surface area contributed by atoms with Crippen molar-refractivity contribution in [1.82, 2.24) is 0 Å². The highest BCUT2D eigenvalue weighted by atomic mass is 32.1. The summed E-state index contributed by atoms with van der Waals surface area (Å²) in [4.78, 5) is 1.43. The number of aliphatic hydroxyl groups is 1. The summed E-state index contributed by atoms with van der Waals surface area (Å²) in [6.07, 6.45) is 1.16. The van der Waals surface area contributed by atoms with Crippen molar-refractivity contribution in [2.45, 2.75) is 31.8 Å². The van der Waals surface area contributed by atoms with Gasteiger partial charge in [-0.05, 0) is 43.6 Å². The minimum atomic E-state index is -0.491. The maximum atomic E-state index is 9.73. The lowest BCUT2D eigenvalue weighted by Crippen LogP contribution is -2.22. The number of thiophene rings is 1. The average molecular weight is 182 g/mol. The van der Waals surface area contributed by atoms with Crippen LogP contribution in [0.25, 0.3) is 0 Å². The molecule has 2 unspecified atom stereocenters. The molecular weight excluding hydrogens is 168 g/mol. The van der Waals surface area contributed by atoms with Crippen molar-refractivity contribution in [3.63, 3.8) is 0 Å². The van der Waals surface area contributed by atoms with Crippen LogP contribution >= 0.6 is 11.3 Å². The summed E-state index contributed by atoms with van der Waals surface area (Å²) in [7, 11) is 0. The minimum absolute atomic E-state index is 0.483. The van der Waals surface area contributed by atoms with Crippen LogP contribution in [-0.2, 0) is 0 Å². The fraction of sp³-hybridized carbons (Fsp3) is 0.600. The molecule has 0 spiro atoms. The smallest absolute Gasteiger partial charge is 0.0626 e. The van der Waals surface area contributed by atoms with Gasteiger partial charge in [0.15, 0.2) is 0 Å². The Bertz CT molecular complexity index is 258. The molecule has 2 heteroatoms. The van der Waals surface area contributed by atoms with E-state index in [1.165, 1.54) is 4.88 Å². The lowest BCUT2D eigenvalue weighted by atomic mass is 10.0. The Morgan fingerprint density at radius 3 is 2.75 bits per heavy atom. The van der Waals surface area contributed by atoms with E-state index in [0.29, 0.717) is 11.8 Å². The van der Waals surface area contributed by atoms with E-state index in [0.717, 1.165) is 6.42 Å². The van der Waals surface area contributed by atoms with Crippen molar-refractivity contribution >= 4 is 11.3 Å². The van der Waals surface area contributed by atoms with Crippen LogP contribution in [0.5, 0.6) is 0 Å². The van der Waals surface area contributed by atoms with Gasteiger partial charge in [-0.2, -0.15) is 0 Å². The van der Waals surface area contributed by atoms with E-state index in [1.807, 2.05) is 13.8 Å². The van der Waals surface area contributed by atoms with Crippen molar-refractivity contribution in [2.24, 2.45) is 5.92 Å². The molecule has 1 aromatic rings. The van der Waals surface area contributed by atoms with Crippen LogP contribution in [0.1, 0.15) is 31.1 Å². The zero-order valence-electron chi connectivity index (χ0n) is 7.45. The van der Waals surface area contributed by atoms with E-state index in [-0.39, 0.29) is 0 Å². The van der Waals surface area contributed by atoms with Gasteiger partial charge in [0.1, 0.15) is 0 Å². The van der Waals surface area contributed by atoms with Gasteiger partial charge in [0.05, 0.1) is 5.60 Å². The minimum Gasteiger partial charge on any atom is -0.390 e. The van der Waals surface area contributed by atoms with Gasteiger partial charge in [0.25, 0.3) is 0 Å². The van der Waals surface area contributed by atoms with Crippen LogP contribution in [0.15, 0.2) is 17.5 Å². The largest absolute Gasteiger partial charge is 0.390 e. The van der Waals surface area contributed by atoms with E-state index < -0.39 is 5.60 Å². The number of hydrogen-bond donors (Lipinski definition) is 1. The third kappa shape index (κ3) is 1.41. The topological polar surface area (TPSA) is 20.2 Å². The number of rotatable bonds is 2. The maximum Gasteiger partial charge on any atom is 0.0626 e. The van der Waals surface area contributed by atoms with Gasteiger partial charge >= 0.3 is 0 Å². The van der Waals surface area contributed by atoms with Crippen molar-refractivity contribution < 1.29 is 5.11 Å². The van der Waals surface area contributed by atoms with Gasteiger partial charge in [0.2, 0.25) is 0 Å². The first kappa shape index (κ1) is 8.27. The van der Waals surface area contributed by atoms with Crippen molar-refractivity contribution in [3.8, 4) is 0 Å². The standard InChI is InChI=1S/C10H14OS/c1-10(2,11)8-6-7(8)9-4-3-5-12-9/h3-5,7-8,11H,6H2,1-2H3. The molecule has 0 bridgehead atoms. The van der Waals surface area contributed by atoms with Gasteiger partial charge in [-0.25, -0.2) is 0 Å². The Kier molecular flexibility index (Phi) is 1.77. The lowest BCUT2D eigenvalue weighted by molar-refractivity contribution is 0.0547. The second kappa shape index (κ2) is 2.57. The van der Waals surface area contributed by atoms with Crippen molar-refractivity contribution in [2.75, 3.05) is 0 Å². The third-order valence-corrected chi connectivity index (χ3v) is 3.61. The molecule has 0 aliphatic heterocycles. The van der Waals surface area contributed by atoms with Crippen LogP contribution in [0.4, 0.5) is 0 Å². The molecule has 1 saturated carbocycles. The second-order valence-corrected chi connectivity index (χ2v) is 5.10. The Morgan fingerprint density at radius 2 is 2.33 bits per heavy atom. The first-order valence-electron chi connectivity index (χ1n) is 4.35. The molecule has 1 aliphatic carbocycles. The summed E-state index contributed by atoms with van der Waals surface area (Å²) in [5.74, 6) is 1.11. The molecule has 0 aromatic carbocycles. The predicted octanol–water partition coefficient (Wildman–Crippen LogP) is 2.62. The zero-order chi connectivity index (χ0) is 8.77. The van der Waals surface area contributed by atoms with E-state index in [9.17, 15) is 5.11 Å². The van der Waals surface area contributed by atoms with E-state index in [2.05, 4.69) is 17.5 Å². The molecule has 0 radical (unpaired) electrons. The Morgan fingerprint density at radius 1 is 1.58 bits per heavy atom. The molecule has 1 heterocycles. The predicted molar refractivity (Wildman–Crippen MR) is 51.5 cm³/mol. The van der Waals surface area contributed by atoms with Crippen molar-refractivity contribution in [1.29, 1.82) is 0 Å². The average Bonchev–Trinajstić information content (AvgIpc) is 2.60. The Balaban J connectivity index is 2.06. The Hall–Kier alpha value is -0.340. The lowest BCUT2D eigenvalue weighted by Gasteiger charge is -2.16. The summed E-state index contributed by atoms with van der Waals surface area (Å²) < 4.78 is 0. The summed E-state index contributed by atoms with van der Waals surface area (Å²) in [5, 5.41) is 11.8. The molecule has 1 fully saturated rings. The summed E-state index contributed by atoms with van der Waals surface area (Å²) in [5.41, 5.74) is -0.491. The monoisotopic (exact) mass is 182 g/mol. The molecule has 2 rings (SSSR count). The van der Waals surface area contributed by atoms with Crippen LogP contribution < -0.4 is 0 Å². The number of hydrogen-bond acceptors (Lipinski definition) is 2. The molecule has 1 N–H and O–H groups in total. The van der Waals surface area contributed by atoms with Crippen molar-refractivity contribution in [3.05, 3.63) is 22.4 Å². The molecule has 0 saturated heterocycles. The highest BCUT2D eigenvalue weighted by Gasteiger charge is 2.47. The third-order valence-electron chi connectivity index (χ3n) is 2.61. The zero-order valence-corrected chi connectivity index (χ0v) is 8.27. The maximum absolute atomic E-state index is 9.73. The normalized spacial score (nSPS) is 28.9. The fourth-order valence-corrected chi connectivity index (χ4v) is 2.70. The summed E-state index contributed by atoms with van der Waals surface area (Å²) in [6.45, 7) is 3.82. The Labute approximate surface area is 77.0 Å². The molecule has 66 valence electrons. The van der Waals surface area contributed by atoms with Crippen LogP contribution in [0.3, 0.4) is 0 Å². The van der Waals surface area contributed by atoms with E-state index >= 15 is 0 Å². The van der Waals surface area contributed by atoms with Gasteiger partial charge in [-0.3, -0.25) is 0 Å². The molecule has 1 nitrogen and oxygen atoms in total. The molecule has 1 aromatic heterocycles. The second-order valence-electron chi connectivity index (χ2n) is 4.12. The quantitative estimate of drug-likeness (QED) is 0.745. The van der Waals surface area contributed by atoms with E-state index in [1.54, 1.807) is 11.3 Å². The first-order chi connectivity index (χ1) is 5.59. The molecule has 1 aliphatic rings. The van der Waals surface area contributed by atoms with Gasteiger partial charge < -0.3 is 5.11 Å². The SMILES string of the molecule is CC(C)(O)C1CC1c1cccs1. The molecular formula is C10H14OS. The fourth-order valence-electron chi connectivity index (χ4n) is 1.79. The molecule has 12 heavy (non-hydrogen) atoms. The van der Waals surface area contributed by atoms with E-state index in [4.69, 9.17) is 0 Å². The van der Waals surface area contributed by atoms with Crippen LogP contribution in [0, 0.1) is 5.92 Å². The summed E-state index contributed by atoms with van der Waals surface area (Å²) >= 11 is 1.80. The first-order valence-corrected chi connectivity index (χ1v) is 5.23.